The standard InChI is InChI=1S/C12H12Br2N2O3/c1-2-6-16(7-10(17)18)12(19)15-11-8(13)4-3-5-9(11)14/h2-5H,1,6-7H2,(H,15,19)(H,17,18). The Bertz CT molecular complexity index is 485. The van der Waals surface area contributed by atoms with E-state index in [0.29, 0.717) is 14.6 Å². The summed E-state index contributed by atoms with van der Waals surface area (Å²) in [7, 11) is 0. The van der Waals surface area contributed by atoms with Gasteiger partial charge in [-0.2, -0.15) is 0 Å². The number of rotatable bonds is 5. The molecule has 0 saturated carbocycles. The van der Waals surface area contributed by atoms with Crippen LogP contribution in [-0.4, -0.2) is 35.1 Å². The summed E-state index contributed by atoms with van der Waals surface area (Å²) in [6.07, 6.45) is 1.47. The Labute approximate surface area is 127 Å². The van der Waals surface area contributed by atoms with Gasteiger partial charge in [0, 0.05) is 15.5 Å². The normalized spacial score (nSPS) is 9.79. The molecule has 0 atom stereocenters. The lowest BCUT2D eigenvalue weighted by Crippen LogP contribution is -2.38. The van der Waals surface area contributed by atoms with E-state index in [9.17, 15) is 9.59 Å². The Kier molecular flexibility index (Phi) is 6.04. The number of para-hydroxylation sites is 1. The van der Waals surface area contributed by atoms with E-state index in [4.69, 9.17) is 5.11 Å². The molecule has 0 aliphatic carbocycles. The first-order valence-electron chi connectivity index (χ1n) is 5.28. The zero-order chi connectivity index (χ0) is 14.4. The van der Waals surface area contributed by atoms with E-state index in [2.05, 4.69) is 43.8 Å². The molecule has 0 aliphatic rings. The molecule has 1 aromatic rings. The molecule has 0 radical (unpaired) electrons. The fraction of sp³-hybridized carbons (Fsp3) is 0.167. The van der Waals surface area contributed by atoms with Crippen molar-refractivity contribution < 1.29 is 14.7 Å². The minimum atomic E-state index is -1.08. The summed E-state index contributed by atoms with van der Waals surface area (Å²) >= 11 is 6.63. The van der Waals surface area contributed by atoms with Crippen LogP contribution in [0.25, 0.3) is 0 Å². The van der Waals surface area contributed by atoms with Crippen LogP contribution in [0.5, 0.6) is 0 Å². The third kappa shape index (κ3) is 4.68. The van der Waals surface area contributed by atoms with Gasteiger partial charge in [-0.3, -0.25) is 4.79 Å². The zero-order valence-electron chi connectivity index (χ0n) is 9.90. The average molecular weight is 392 g/mol. The summed E-state index contributed by atoms with van der Waals surface area (Å²) in [6.45, 7) is 3.26. The van der Waals surface area contributed by atoms with Gasteiger partial charge in [0.2, 0.25) is 0 Å². The van der Waals surface area contributed by atoms with E-state index >= 15 is 0 Å². The van der Waals surface area contributed by atoms with Gasteiger partial charge in [0.1, 0.15) is 6.54 Å². The number of carbonyl (C=O) groups excluding carboxylic acids is 1. The smallest absolute Gasteiger partial charge is 0.323 e. The maximum absolute atomic E-state index is 12.0. The maximum atomic E-state index is 12.0. The van der Waals surface area contributed by atoms with Crippen molar-refractivity contribution in [3.63, 3.8) is 0 Å². The van der Waals surface area contributed by atoms with Crippen LogP contribution in [0.15, 0.2) is 39.8 Å². The lowest BCUT2D eigenvalue weighted by molar-refractivity contribution is -0.137. The number of hydrogen-bond donors (Lipinski definition) is 2. The number of urea groups is 1. The molecule has 102 valence electrons. The highest BCUT2D eigenvalue weighted by atomic mass is 79.9. The number of carboxylic acid groups (broad SMARTS) is 1. The van der Waals surface area contributed by atoms with Crippen LogP contribution in [0.1, 0.15) is 0 Å². The van der Waals surface area contributed by atoms with Crippen molar-refractivity contribution in [1.82, 2.24) is 4.90 Å². The van der Waals surface area contributed by atoms with Crippen molar-refractivity contribution >= 4 is 49.5 Å². The van der Waals surface area contributed by atoms with E-state index in [1.165, 1.54) is 6.08 Å². The molecule has 1 aromatic carbocycles. The second kappa shape index (κ2) is 7.30. The first kappa shape index (κ1) is 15.7. The molecule has 1 rings (SSSR count). The molecule has 0 fully saturated rings. The number of nitrogens with zero attached hydrogens (tertiary/aromatic N) is 1. The number of aliphatic carboxylic acids is 1. The molecule has 7 heteroatoms. The molecule has 2 N–H and O–H groups in total. The van der Waals surface area contributed by atoms with Crippen LogP contribution in [0.3, 0.4) is 0 Å². The number of anilines is 1. The molecule has 0 spiro atoms. The van der Waals surface area contributed by atoms with Gasteiger partial charge in [-0.15, -0.1) is 6.58 Å². The molecule has 19 heavy (non-hydrogen) atoms. The number of halogens is 2. The fourth-order valence-corrected chi connectivity index (χ4v) is 2.54. The first-order valence-corrected chi connectivity index (χ1v) is 6.87. The van der Waals surface area contributed by atoms with Gasteiger partial charge >= 0.3 is 12.0 Å². The van der Waals surface area contributed by atoms with Gasteiger partial charge in [0.05, 0.1) is 5.69 Å². The minimum absolute atomic E-state index is 0.153. The highest BCUT2D eigenvalue weighted by Crippen LogP contribution is 2.30. The monoisotopic (exact) mass is 390 g/mol. The van der Waals surface area contributed by atoms with Gasteiger partial charge in [-0.05, 0) is 44.0 Å². The van der Waals surface area contributed by atoms with E-state index in [0.717, 1.165) is 4.90 Å². The number of carbonyl (C=O) groups is 2. The summed E-state index contributed by atoms with van der Waals surface area (Å²) in [5.74, 6) is -1.08. The van der Waals surface area contributed by atoms with E-state index < -0.39 is 12.0 Å². The number of carboxylic acids is 1. The van der Waals surface area contributed by atoms with Crippen molar-refractivity contribution in [3.8, 4) is 0 Å². The molecular weight excluding hydrogens is 380 g/mol. The third-order valence-corrected chi connectivity index (χ3v) is 3.48. The Morgan fingerprint density at radius 1 is 1.37 bits per heavy atom. The van der Waals surface area contributed by atoms with Gasteiger partial charge in [-0.25, -0.2) is 4.79 Å². The van der Waals surface area contributed by atoms with Gasteiger partial charge in [-0.1, -0.05) is 12.1 Å². The van der Waals surface area contributed by atoms with E-state index in [-0.39, 0.29) is 13.1 Å². The maximum Gasteiger partial charge on any atom is 0.323 e. The first-order chi connectivity index (χ1) is 8.95. The van der Waals surface area contributed by atoms with Crippen molar-refractivity contribution in [2.24, 2.45) is 0 Å². The van der Waals surface area contributed by atoms with Crippen molar-refractivity contribution in [3.05, 3.63) is 39.8 Å². The summed E-state index contributed by atoms with van der Waals surface area (Å²) in [6, 6.07) is 4.85. The third-order valence-electron chi connectivity index (χ3n) is 2.16. The van der Waals surface area contributed by atoms with Gasteiger partial charge < -0.3 is 15.3 Å². The van der Waals surface area contributed by atoms with Gasteiger partial charge in [0.25, 0.3) is 0 Å². The highest BCUT2D eigenvalue weighted by Gasteiger charge is 2.17. The molecule has 0 aromatic heterocycles. The Morgan fingerprint density at radius 2 is 1.95 bits per heavy atom. The number of amides is 2. The molecule has 0 bridgehead atoms. The molecule has 0 aliphatic heterocycles. The van der Waals surface area contributed by atoms with Crippen LogP contribution < -0.4 is 5.32 Å². The van der Waals surface area contributed by atoms with Crippen LogP contribution in [-0.2, 0) is 4.79 Å². The number of benzene rings is 1. The van der Waals surface area contributed by atoms with E-state index in [1.807, 2.05) is 6.07 Å². The second-order valence-electron chi connectivity index (χ2n) is 3.59. The Morgan fingerprint density at radius 3 is 2.42 bits per heavy atom. The van der Waals surface area contributed by atoms with Crippen molar-refractivity contribution in [2.75, 3.05) is 18.4 Å². The van der Waals surface area contributed by atoms with Gasteiger partial charge in [0.15, 0.2) is 0 Å². The second-order valence-corrected chi connectivity index (χ2v) is 5.30. The quantitative estimate of drug-likeness (QED) is 0.756. The average Bonchev–Trinajstić information content (AvgIpc) is 2.32. The number of nitrogens with one attached hydrogen (secondary N) is 1. The lowest BCUT2D eigenvalue weighted by atomic mass is 10.3. The predicted molar refractivity (Wildman–Crippen MR) is 80.3 cm³/mol. The molecule has 2 amide bonds. The minimum Gasteiger partial charge on any atom is -0.480 e. The zero-order valence-corrected chi connectivity index (χ0v) is 13.1. The van der Waals surface area contributed by atoms with Crippen LogP contribution >= 0.6 is 31.9 Å². The summed E-state index contributed by atoms with van der Waals surface area (Å²) in [4.78, 5) is 23.8. The molecule has 0 saturated heterocycles. The number of hydrogen-bond acceptors (Lipinski definition) is 2. The highest BCUT2D eigenvalue weighted by molar-refractivity contribution is 9.11. The van der Waals surface area contributed by atoms with Crippen LogP contribution in [0, 0.1) is 0 Å². The Balaban J connectivity index is 2.86. The predicted octanol–water partition coefficient (Wildman–Crippen LogP) is 3.32. The SMILES string of the molecule is C=CCN(CC(=O)O)C(=O)Nc1c(Br)cccc1Br. The molecule has 0 heterocycles. The van der Waals surface area contributed by atoms with E-state index in [1.54, 1.807) is 12.1 Å². The largest absolute Gasteiger partial charge is 0.480 e. The van der Waals surface area contributed by atoms with Crippen LogP contribution in [0.2, 0.25) is 0 Å². The molecule has 0 unspecified atom stereocenters. The topological polar surface area (TPSA) is 69.6 Å². The fourth-order valence-electron chi connectivity index (χ4n) is 1.34. The summed E-state index contributed by atoms with van der Waals surface area (Å²) in [5, 5.41) is 11.4. The summed E-state index contributed by atoms with van der Waals surface area (Å²) < 4.78 is 1.40. The summed E-state index contributed by atoms with van der Waals surface area (Å²) in [5.41, 5.74) is 0.548. The molecule has 5 nitrogen and oxygen atoms in total. The van der Waals surface area contributed by atoms with Crippen molar-refractivity contribution in [2.45, 2.75) is 0 Å². The lowest BCUT2D eigenvalue weighted by Gasteiger charge is -2.20. The molecular formula is C12H12Br2N2O3. The Hall–Kier alpha value is -1.34. The van der Waals surface area contributed by atoms with Crippen LogP contribution in [0.4, 0.5) is 10.5 Å². The van der Waals surface area contributed by atoms with Crippen molar-refractivity contribution in [1.29, 1.82) is 0 Å².